The van der Waals surface area contributed by atoms with E-state index in [0.717, 1.165) is 12.1 Å². The molecule has 0 saturated heterocycles. The van der Waals surface area contributed by atoms with E-state index in [1.54, 1.807) is 6.07 Å². The topological polar surface area (TPSA) is 67.0 Å². The van der Waals surface area contributed by atoms with E-state index in [9.17, 15) is 4.79 Å². The summed E-state index contributed by atoms with van der Waals surface area (Å²) in [4.78, 5) is 11.4. The molecule has 1 heterocycles. The van der Waals surface area contributed by atoms with Gasteiger partial charge in [-0.15, -0.1) is 0 Å². The maximum absolute atomic E-state index is 11.4. The lowest BCUT2D eigenvalue weighted by Gasteiger charge is -2.01. The Morgan fingerprint density at radius 2 is 2.47 bits per heavy atom. The molecule has 0 aliphatic heterocycles. The van der Waals surface area contributed by atoms with E-state index >= 15 is 0 Å². The first-order valence-corrected chi connectivity index (χ1v) is 5.12. The van der Waals surface area contributed by atoms with Crippen LogP contribution in [0.4, 0.5) is 5.82 Å². The van der Waals surface area contributed by atoms with Crippen molar-refractivity contribution in [3.05, 3.63) is 11.8 Å². The molecule has 5 nitrogen and oxygen atoms in total. The standard InChI is InChI=1S/C10H17N3O2/c1-3-15-6-4-5-10(14)11-9-7-8(2)12-13-9/h7H,3-6H2,1-2H3,(H2,11,12,13,14). The lowest BCUT2D eigenvalue weighted by molar-refractivity contribution is -0.116. The number of hydrogen-bond acceptors (Lipinski definition) is 3. The van der Waals surface area contributed by atoms with Crippen LogP contribution in [0.3, 0.4) is 0 Å². The van der Waals surface area contributed by atoms with Gasteiger partial charge in [-0.2, -0.15) is 5.10 Å². The van der Waals surface area contributed by atoms with Crippen molar-refractivity contribution in [3.8, 4) is 0 Å². The third kappa shape index (κ3) is 4.60. The highest BCUT2D eigenvalue weighted by Crippen LogP contribution is 2.04. The summed E-state index contributed by atoms with van der Waals surface area (Å²) < 4.78 is 5.14. The van der Waals surface area contributed by atoms with Crippen LogP contribution >= 0.6 is 0 Å². The predicted molar refractivity (Wildman–Crippen MR) is 57.7 cm³/mol. The summed E-state index contributed by atoms with van der Waals surface area (Å²) in [6, 6.07) is 1.79. The van der Waals surface area contributed by atoms with Crippen LogP contribution in [-0.4, -0.2) is 29.3 Å². The van der Waals surface area contributed by atoms with Crippen molar-refractivity contribution >= 4 is 11.7 Å². The summed E-state index contributed by atoms with van der Waals surface area (Å²) in [6.45, 7) is 5.15. The van der Waals surface area contributed by atoms with Gasteiger partial charge in [0.15, 0.2) is 5.82 Å². The van der Waals surface area contributed by atoms with Crippen molar-refractivity contribution < 1.29 is 9.53 Å². The maximum Gasteiger partial charge on any atom is 0.225 e. The number of anilines is 1. The Hall–Kier alpha value is -1.36. The number of hydrogen-bond donors (Lipinski definition) is 2. The molecule has 84 valence electrons. The van der Waals surface area contributed by atoms with Gasteiger partial charge in [-0.1, -0.05) is 0 Å². The molecule has 0 aliphatic rings. The van der Waals surface area contributed by atoms with Crippen molar-refractivity contribution in [3.63, 3.8) is 0 Å². The molecule has 0 bridgehead atoms. The van der Waals surface area contributed by atoms with Gasteiger partial charge in [0.25, 0.3) is 0 Å². The normalized spacial score (nSPS) is 10.3. The third-order valence-electron chi connectivity index (χ3n) is 1.87. The Bertz CT molecular complexity index is 309. The number of rotatable bonds is 6. The van der Waals surface area contributed by atoms with E-state index in [-0.39, 0.29) is 5.91 Å². The molecule has 15 heavy (non-hydrogen) atoms. The fourth-order valence-electron chi connectivity index (χ4n) is 1.17. The molecule has 0 aromatic carbocycles. The Morgan fingerprint density at radius 3 is 3.07 bits per heavy atom. The molecule has 0 radical (unpaired) electrons. The maximum atomic E-state index is 11.4. The van der Waals surface area contributed by atoms with Gasteiger partial charge >= 0.3 is 0 Å². The van der Waals surface area contributed by atoms with Gasteiger partial charge in [0.05, 0.1) is 0 Å². The summed E-state index contributed by atoms with van der Waals surface area (Å²) in [7, 11) is 0. The van der Waals surface area contributed by atoms with Crippen LogP contribution in [0.1, 0.15) is 25.5 Å². The molecule has 0 atom stereocenters. The van der Waals surface area contributed by atoms with Crippen LogP contribution in [-0.2, 0) is 9.53 Å². The molecule has 5 heteroatoms. The van der Waals surface area contributed by atoms with E-state index in [1.807, 2.05) is 13.8 Å². The molecule has 0 spiro atoms. The quantitative estimate of drug-likeness (QED) is 0.700. The largest absolute Gasteiger partial charge is 0.382 e. The minimum atomic E-state index is -0.0267. The van der Waals surface area contributed by atoms with Gasteiger partial charge < -0.3 is 10.1 Å². The lowest BCUT2D eigenvalue weighted by Crippen LogP contribution is -2.12. The van der Waals surface area contributed by atoms with Crippen molar-refractivity contribution in [1.29, 1.82) is 0 Å². The average Bonchev–Trinajstić information content (AvgIpc) is 2.59. The zero-order valence-electron chi connectivity index (χ0n) is 9.17. The molecular weight excluding hydrogens is 194 g/mol. The summed E-state index contributed by atoms with van der Waals surface area (Å²) >= 11 is 0. The van der Waals surface area contributed by atoms with Crippen LogP contribution < -0.4 is 5.32 Å². The number of aryl methyl sites for hydroxylation is 1. The Labute approximate surface area is 89.2 Å². The van der Waals surface area contributed by atoms with E-state index in [2.05, 4.69) is 15.5 Å². The van der Waals surface area contributed by atoms with Gasteiger partial charge in [-0.3, -0.25) is 9.89 Å². The van der Waals surface area contributed by atoms with Gasteiger partial charge in [-0.05, 0) is 20.3 Å². The zero-order chi connectivity index (χ0) is 11.1. The molecule has 1 aromatic rings. The second kappa shape index (κ2) is 6.19. The number of ether oxygens (including phenoxy) is 1. The SMILES string of the molecule is CCOCCCC(=O)Nc1cc(C)[nH]n1. The number of aromatic nitrogens is 2. The summed E-state index contributed by atoms with van der Waals surface area (Å²) in [5.74, 6) is 0.551. The minimum absolute atomic E-state index is 0.0267. The zero-order valence-corrected chi connectivity index (χ0v) is 9.17. The van der Waals surface area contributed by atoms with Gasteiger partial charge in [0.2, 0.25) is 5.91 Å². The van der Waals surface area contributed by atoms with Gasteiger partial charge in [0.1, 0.15) is 0 Å². The van der Waals surface area contributed by atoms with E-state index in [4.69, 9.17) is 4.74 Å². The molecule has 1 rings (SSSR count). The van der Waals surface area contributed by atoms with Crippen LogP contribution in [0.5, 0.6) is 0 Å². The van der Waals surface area contributed by atoms with Crippen molar-refractivity contribution in [2.45, 2.75) is 26.7 Å². The molecule has 2 N–H and O–H groups in total. The summed E-state index contributed by atoms with van der Waals surface area (Å²) in [5.41, 5.74) is 0.930. The number of aromatic amines is 1. The molecule has 0 fully saturated rings. The van der Waals surface area contributed by atoms with Crippen LogP contribution in [0, 0.1) is 6.92 Å². The Morgan fingerprint density at radius 1 is 1.67 bits per heavy atom. The number of nitrogens with one attached hydrogen (secondary N) is 2. The lowest BCUT2D eigenvalue weighted by atomic mass is 10.3. The molecular formula is C10H17N3O2. The molecule has 0 unspecified atom stereocenters. The third-order valence-corrected chi connectivity index (χ3v) is 1.87. The Balaban J connectivity index is 2.18. The van der Waals surface area contributed by atoms with Crippen LogP contribution in [0.25, 0.3) is 0 Å². The van der Waals surface area contributed by atoms with Crippen molar-refractivity contribution in [2.75, 3.05) is 18.5 Å². The van der Waals surface area contributed by atoms with Crippen LogP contribution in [0.2, 0.25) is 0 Å². The monoisotopic (exact) mass is 211 g/mol. The van der Waals surface area contributed by atoms with Crippen molar-refractivity contribution in [1.82, 2.24) is 10.2 Å². The first-order valence-electron chi connectivity index (χ1n) is 5.12. The molecule has 0 aliphatic carbocycles. The number of H-pyrrole nitrogens is 1. The van der Waals surface area contributed by atoms with E-state index in [1.165, 1.54) is 0 Å². The summed E-state index contributed by atoms with van der Waals surface area (Å²) in [6.07, 6.45) is 1.20. The van der Waals surface area contributed by atoms with Gasteiger partial charge in [-0.25, -0.2) is 0 Å². The highest BCUT2D eigenvalue weighted by Gasteiger charge is 2.03. The average molecular weight is 211 g/mol. The predicted octanol–water partition coefficient (Wildman–Crippen LogP) is 1.47. The fourth-order valence-corrected chi connectivity index (χ4v) is 1.17. The number of carbonyl (C=O) groups excluding carboxylic acids is 1. The first kappa shape index (κ1) is 11.7. The number of carbonyl (C=O) groups is 1. The van der Waals surface area contributed by atoms with Gasteiger partial charge in [0, 0.05) is 31.4 Å². The Kier molecular flexibility index (Phi) is 4.83. The molecule has 1 amide bonds. The first-order chi connectivity index (χ1) is 7.22. The fraction of sp³-hybridized carbons (Fsp3) is 0.600. The second-order valence-electron chi connectivity index (χ2n) is 3.28. The number of amides is 1. The summed E-state index contributed by atoms with van der Waals surface area (Å²) in [5, 5.41) is 9.38. The van der Waals surface area contributed by atoms with E-state index in [0.29, 0.717) is 25.5 Å². The highest BCUT2D eigenvalue weighted by atomic mass is 16.5. The number of nitrogens with zero attached hydrogens (tertiary/aromatic N) is 1. The molecule has 1 aromatic heterocycles. The minimum Gasteiger partial charge on any atom is -0.382 e. The molecule has 0 saturated carbocycles. The van der Waals surface area contributed by atoms with Crippen LogP contribution in [0.15, 0.2) is 6.07 Å². The second-order valence-corrected chi connectivity index (χ2v) is 3.28. The van der Waals surface area contributed by atoms with Crippen molar-refractivity contribution in [2.24, 2.45) is 0 Å². The van der Waals surface area contributed by atoms with E-state index < -0.39 is 0 Å². The highest BCUT2D eigenvalue weighted by molar-refractivity contribution is 5.89. The smallest absolute Gasteiger partial charge is 0.225 e.